The van der Waals surface area contributed by atoms with Crippen LogP contribution >= 0.6 is 0 Å². The maximum atomic E-state index is 13.2. The number of esters is 2. The Morgan fingerprint density at radius 2 is 1.53 bits per heavy atom. The first kappa shape index (κ1) is 19.4. The molecule has 30 heavy (non-hydrogen) atoms. The lowest BCUT2D eigenvalue weighted by Crippen LogP contribution is -2.47. The molecule has 0 unspecified atom stereocenters. The maximum Gasteiger partial charge on any atom is 0.353 e. The Hall–Kier alpha value is -3.93. The molecule has 1 atom stereocenters. The van der Waals surface area contributed by atoms with Crippen molar-refractivity contribution in [2.75, 3.05) is 7.11 Å². The second-order valence-corrected chi connectivity index (χ2v) is 6.76. The quantitative estimate of drug-likeness (QED) is 0.359. The molecule has 6 nitrogen and oxygen atoms in total. The van der Waals surface area contributed by atoms with Crippen molar-refractivity contribution in [1.29, 1.82) is 0 Å². The summed E-state index contributed by atoms with van der Waals surface area (Å²) in [6.45, 7) is 0. The number of carbonyl (C=O) groups is 2. The van der Waals surface area contributed by atoms with Crippen LogP contribution in [0.4, 0.5) is 0 Å². The second-order valence-electron chi connectivity index (χ2n) is 6.76. The fourth-order valence-corrected chi connectivity index (χ4v) is 3.16. The van der Waals surface area contributed by atoms with E-state index in [0.717, 1.165) is 5.56 Å². The largest absolute Gasteiger partial charge is 0.497 e. The molecule has 0 saturated carbocycles. The predicted molar refractivity (Wildman–Crippen MR) is 111 cm³/mol. The van der Waals surface area contributed by atoms with Crippen molar-refractivity contribution in [3.05, 3.63) is 96.1 Å². The van der Waals surface area contributed by atoms with Crippen molar-refractivity contribution in [2.24, 2.45) is 4.99 Å². The molecule has 4 rings (SSSR count). The van der Waals surface area contributed by atoms with E-state index in [9.17, 15) is 9.59 Å². The minimum atomic E-state index is -1.83. The lowest BCUT2D eigenvalue weighted by molar-refractivity contribution is -0.151. The van der Waals surface area contributed by atoms with E-state index in [1.807, 2.05) is 30.3 Å². The summed E-state index contributed by atoms with van der Waals surface area (Å²) >= 11 is 0. The summed E-state index contributed by atoms with van der Waals surface area (Å²) < 4.78 is 16.1. The van der Waals surface area contributed by atoms with Crippen LogP contribution < -0.4 is 9.47 Å². The number of benzene rings is 3. The summed E-state index contributed by atoms with van der Waals surface area (Å²) in [6, 6.07) is 24.6. The second kappa shape index (κ2) is 8.21. The topological polar surface area (TPSA) is 74.2 Å². The molecule has 0 amide bonds. The number of hydrogen-bond donors (Lipinski definition) is 0. The number of carbonyl (C=O) groups excluding carboxylic acids is 2. The molecule has 1 aliphatic rings. The fraction of sp³-hybridized carbons (Fsp3) is 0.125. The molecule has 0 radical (unpaired) electrons. The summed E-state index contributed by atoms with van der Waals surface area (Å²) in [5.74, 6) is -0.494. The third-order valence-corrected chi connectivity index (χ3v) is 4.75. The average molecular weight is 401 g/mol. The van der Waals surface area contributed by atoms with Crippen LogP contribution in [-0.2, 0) is 20.7 Å². The summed E-state index contributed by atoms with van der Waals surface area (Å²) in [7, 11) is 1.56. The van der Waals surface area contributed by atoms with E-state index in [1.165, 1.54) is 0 Å². The van der Waals surface area contributed by atoms with Gasteiger partial charge in [-0.25, -0.2) is 14.6 Å². The van der Waals surface area contributed by atoms with Gasteiger partial charge in [0, 0.05) is 12.0 Å². The molecule has 0 saturated heterocycles. The molecule has 1 aliphatic heterocycles. The van der Waals surface area contributed by atoms with Crippen LogP contribution in [0.1, 0.15) is 11.1 Å². The highest BCUT2D eigenvalue weighted by Gasteiger charge is 2.54. The maximum absolute atomic E-state index is 13.2. The van der Waals surface area contributed by atoms with Crippen LogP contribution in [0.3, 0.4) is 0 Å². The minimum absolute atomic E-state index is 0.0258. The SMILES string of the molecule is COc1ccc(C2=N[C@](Cc3ccccc3)(C(=O)Oc3ccccc3)C(=O)O2)cc1. The van der Waals surface area contributed by atoms with Crippen molar-refractivity contribution in [1.82, 2.24) is 0 Å². The number of methoxy groups -OCH3 is 1. The first-order chi connectivity index (χ1) is 14.6. The van der Waals surface area contributed by atoms with Crippen molar-refractivity contribution < 1.29 is 23.8 Å². The zero-order chi connectivity index (χ0) is 21.0. The molecule has 3 aromatic rings. The number of cyclic esters (lactones) is 1. The third-order valence-electron chi connectivity index (χ3n) is 4.75. The van der Waals surface area contributed by atoms with Crippen LogP contribution in [0.25, 0.3) is 0 Å². The molecule has 0 bridgehead atoms. The highest BCUT2D eigenvalue weighted by atomic mass is 16.6. The molecule has 1 heterocycles. The highest BCUT2D eigenvalue weighted by Crippen LogP contribution is 2.30. The van der Waals surface area contributed by atoms with Crippen molar-refractivity contribution in [3.8, 4) is 11.5 Å². The summed E-state index contributed by atoms with van der Waals surface area (Å²) in [5.41, 5.74) is -0.502. The van der Waals surface area contributed by atoms with Gasteiger partial charge in [0.1, 0.15) is 11.5 Å². The molecule has 0 N–H and O–H groups in total. The lowest BCUT2D eigenvalue weighted by atomic mass is 9.92. The van der Waals surface area contributed by atoms with E-state index >= 15 is 0 Å². The summed E-state index contributed by atoms with van der Waals surface area (Å²) in [5, 5.41) is 0. The Bertz CT molecular complexity index is 1080. The van der Waals surface area contributed by atoms with Gasteiger partial charge in [-0.2, -0.15) is 0 Å². The van der Waals surface area contributed by atoms with Gasteiger partial charge >= 0.3 is 11.9 Å². The van der Waals surface area contributed by atoms with Crippen LogP contribution in [0.5, 0.6) is 11.5 Å². The van der Waals surface area contributed by atoms with Crippen molar-refractivity contribution in [2.45, 2.75) is 12.0 Å². The normalized spacial score (nSPS) is 17.8. The van der Waals surface area contributed by atoms with E-state index in [1.54, 1.807) is 61.7 Å². The van der Waals surface area contributed by atoms with Crippen LogP contribution in [-0.4, -0.2) is 30.5 Å². The number of ether oxygens (including phenoxy) is 3. The standard InChI is InChI=1S/C24H19NO5/c1-28-19-14-12-18(13-15-19)21-25-24(23(27)30-21,16-17-8-4-2-5-9-17)22(26)29-20-10-6-3-7-11-20/h2-15H,16H2,1H3/t24-/m1/s1. The number of rotatable bonds is 6. The first-order valence-corrected chi connectivity index (χ1v) is 9.38. The van der Waals surface area contributed by atoms with Crippen LogP contribution in [0.2, 0.25) is 0 Å². The van der Waals surface area contributed by atoms with E-state index in [-0.39, 0.29) is 12.3 Å². The highest BCUT2D eigenvalue weighted by molar-refractivity contribution is 6.17. The van der Waals surface area contributed by atoms with Gasteiger partial charge in [-0.1, -0.05) is 48.5 Å². The Morgan fingerprint density at radius 1 is 0.900 bits per heavy atom. The Kier molecular flexibility index (Phi) is 5.30. The smallest absolute Gasteiger partial charge is 0.353 e. The van der Waals surface area contributed by atoms with Gasteiger partial charge in [-0.3, -0.25) is 0 Å². The monoisotopic (exact) mass is 401 g/mol. The van der Waals surface area contributed by atoms with Gasteiger partial charge in [0.2, 0.25) is 5.90 Å². The number of hydrogen-bond acceptors (Lipinski definition) is 6. The molecule has 0 aromatic heterocycles. The lowest BCUT2D eigenvalue weighted by Gasteiger charge is -2.20. The average Bonchev–Trinajstić information content (AvgIpc) is 3.12. The van der Waals surface area contributed by atoms with Gasteiger partial charge in [-0.15, -0.1) is 0 Å². The van der Waals surface area contributed by atoms with Crippen LogP contribution in [0.15, 0.2) is 89.9 Å². The van der Waals surface area contributed by atoms with Crippen LogP contribution in [0, 0.1) is 0 Å². The first-order valence-electron chi connectivity index (χ1n) is 9.38. The summed E-state index contributed by atoms with van der Waals surface area (Å²) in [6.07, 6.45) is 0.0258. The molecule has 3 aromatic carbocycles. The number of aliphatic imine (C=N–C) groups is 1. The summed E-state index contributed by atoms with van der Waals surface area (Å²) in [4.78, 5) is 30.6. The Balaban J connectivity index is 1.72. The van der Waals surface area contributed by atoms with Gasteiger partial charge in [0.05, 0.1) is 7.11 Å². The molecule has 150 valence electrons. The van der Waals surface area contributed by atoms with E-state index in [4.69, 9.17) is 14.2 Å². The number of nitrogens with zero attached hydrogens (tertiary/aromatic N) is 1. The van der Waals surface area contributed by atoms with Gasteiger partial charge < -0.3 is 14.2 Å². The van der Waals surface area contributed by atoms with E-state index in [0.29, 0.717) is 17.1 Å². The molecular formula is C24H19NO5. The minimum Gasteiger partial charge on any atom is -0.497 e. The Labute approximate surface area is 173 Å². The zero-order valence-corrected chi connectivity index (χ0v) is 16.3. The zero-order valence-electron chi connectivity index (χ0n) is 16.3. The van der Waals surface area contributed by atoms with Crippen molar-refractivity contribution in [3.63, 3.8) is 0 Å². The third kappa shape index (κ3) is 3.80. The number of para-hydroxylation sites is 1. The van der Waals surface area contributed by atoms with E-state index in [2.05, 4.69) is 4.99 Å². The molecule has 0 fully saturated rings. The molecule has 0 spiro atoms. The fourth-order valence-electron chi connectivity index (χ4n) is 3.16. The van der Waals surface area contributed by atoms with Gasteiger partial charge in [-0.05, 0) is 42.0 Å². The predicted octanol–water partition coefficient (Wildman–Crippen LogP) is 3.59. The molecule has 6 heteroatoms. The van der Waals surface area contributed by atoms with E-state index < -0.39 is 17.5 Å². The van der Waals surface area contributed by atoms with Crippen molar-refractivity contribution >= 4 is 17.8 Å². The molecular weight excluding hydrogens is 382 g/mol. The van der Waals surface area contributed by atoms with Gasteiger partial charge in [0.15, 0.2) is 0 Å². The van der Waals surface area contributed by atoms with Gasteiger partial charge in [0.25, 0.3) is 5.54 Å². The molecule has 0 aliphatic carbocycles. The Morgan fingerprint density at radius 3 is 2.17 bits per heavy atom.